The number of imidazole rings is 1. The van der Waals surface area contributed by atoms with E-state index in [-0.39, 0.29) is 11.6 Å². The third-order valence-electron chi connectivity index (χ3n) is 3.04. The quantitative estimate of drug-likeness (QED) is 0.754. The molecule has 3 N–H and O–H groups in total. The molecule has 98 valence electrons. The molecule has 1 aliphatic heterocycles. The van der Waals surface area contributed by atoms with Gasteiger partial charge >= 0.3 is 5.97 Å². The van der Waals surface area contributed by atoms with Crippen LogP contribution in [0.2, 0.25) is 0 Å². The van der Waals surface area contributed by atoms with Gasteiger partial charge in [-0.1, -0.05) is 0 Å². The maximum absolute atomic E-state index is 12.1. The van der Waals surface area contributed by atoms with Crippen molar-refractivity contribution < 1.29 is 14.7 Å². The molecule has 1 amide bonds. The fourth-order valence-corrected chi connectivity index (χ4v) is 2.16. The highest BCUT2D eigenvalue weighted by Gasteiger charge is 2.35. The third-order valence-corrected chi connectivity index (χ3v) is 3.04. The Morgan fingerprint density at radius 3 is 3.00 bits per heavy atom. The van der Waals surface area contributed by atoms with Gasteiger partial charge in [0.15, 0.2) is 0 Å². The first-order valence-corrected chi connectivity index (χ1v) is 5.89. The van der Waals surface area contributed by atoms with E-state index in [2.05, 4.69) is 4.98 Å². The molecule has 18 heavy (non-hydrogen) atoms. The van der Waals surface area contributed by atoms with Gasteiger partial charge in [-0.05, 0) is 12.8 Å². The molecule has 0 unspecified atom stereocenters. The van der Waals surface area contributed by atoms with E-state index in [0.717, 1.165) is 0 Å². The smallest absolute Gasteiger partial charge is 0.326 e. The summed E-state index contributed by atoms with van der Waals surface area (Å²) in [7, 11) is 0. The number of carbonyl (C=O) groups excluding carboxylic acids is 1. The number of carboxylic acid groups (broad SMARTS) is 1. The molecule has 1 aliphatic rings. The summed E-state index contributed by atoms with van der Waals surface area (Å²) < 4.78 is 1.72. The maximum Gasteiger partial charge on any atom is 0.326 e. The molecule has 1 atom stereocenters. The van der Waals surface area contributed by atoms with Crippen molar-refractivity contribution in [2.75, 3.05) is 13.1 Å². The highest BCUT2D eigenvalue weighted by Crippen LogP contribution is 2.19. The van der Waals surface area contributed by atoms with E-state index >= 15 is 0 Å². The van der Waals surface area contributed by atoms with E-state index in [0.29, 0.717) is 32.5 Å². The Morgan fingerprint density at radius 1 is 1.56 bits per heavy atom. The summed E-state index contributed by atoms with van der Waals surface area (Å²) in [4.78, 5) is 28.5. The molecule has 1 fully saturated rings. The molecule has 0 bridgehead atoms. The second-order valence-electron chi connectivity index (χ2n) is 4.28. The van der Waals surface area contributed by atoms with Crippen molar-refractivity contribution >= 4 is 11.9 Å². The normalized spacial score (nSPS) is 19.2. The van der Waals surface area contributed by atoms with Crippen molar-refractivity contribution in [3.8, 4) is 0 Å². The Balaban J connectivity index is 2.12. The summed E-state index contributed by atoms with van der Waals surface area (Å²) >= 11 is 0. The van der Waals surface area contributed by atoms with Gasteiger partial charge in [0, 0.05) is 25.8 Å². The number of hydrogen-bond acceptors (Lipinski definition) is 4. The van der Waals surface area contributed by atoms with Gasteiger partial charge in [0.25, 0.3) is 5.91 Å². The van der Waals surface area contributed by atoms with Gasteiger partial charge < -0.3 is 20.3 Å². The van der Waals surface area contributed by atoms with E-state index in [1.165, 1.54) is 11.2 Å². The van der Waals surface area contributed by atoms with E-state index < -0.39 is 12.0 Å². The van der Waals surface area contributed by atoms with Crippen LogP contribution in [0.3, 0.4) is 0 Å². The summed E-state index contributed by atoms with van der Waals surface area (Å²) in [6, 6.07) is -0.725. The van der Waals surface area contributed by atoms with E-state index in [4.69, 9.17) is 10.8 Å². The largest absolute Gasteiger partial charge is 0.480 e. The van der Waals surface area contributed by atoms with Crippen molar-refractivity contribution in [3.05, 3.63) is 18.2 Å². The van der Waals surface area contributed by atoms with E-state index in [1.54, 1.807) is 10.8 Å². The number of aromatic nitrogens is 2. The molecular weight excluding hydrogens is 236 g/mol. The lowest BCUT2D eigenvalue weighted by molar-refractivity contribution is -0.141. The number of carboxylic acids is 1. The van der Waals surface area contributed by atoms with Crippen LogP contribution in [0.5, 0.6) is 0 Å². The highest BCUT2D eigenvalue weighted by molar-refractivity contribution is 5.95. The Kier molecular flexibility index (Phi) is 3.61. The van der Waals surface area contributed by atoms with Crippen LogP contribution in [-0.2, 0) is 11.3 Å². The highest BCUT2D eigenvalue weighted by atomic mass is 16.4. The standard InChI is InChI=1S/C11H16N4O3/c12-3-5-14-6-8(13-7-14)10(16)15-4-1-2-9(15)11(17)18/h6-7,9H,1-5,12H2,(H,17,18)/t9-/m0/s1. The van der Waals surface area contributed by atoms with Crippen molar-refractivity contribution in [1.82, 2.24) is 14.5 Å². The Bertz CT molecular complexity index is 457. The van der Waals surface area contributed by atoms with Gasteiger partial charge in [0.05, 0.1) is 6.33 Å². The third kappa shape index (κ3) is 2.35. The Hall–Kier alpha value is -1.89. The molecule has 0 aromatic carbocycles. The Labute approximate surface area is 104 Å². The monoisotopic (exact) mass is 252 g/mol. The topological polar surface area (TPSA) is 101 Å². The minimum atomic E-state index is -0.956. The zero-order chi connectivity index (χ0) is 13.1. The number of rotatable bonds is 4. The lowest BCUT2D eigenvalue weighted by Crippen LogP contribution is -2.40. The molecule has 0 spiro atoms. The zero-order valence-electron chi connectivity index (χ0n) is 9.95. The summed E-state index contributed by atoms with van der Waals surface area (Å²) in [5.74, 6) is -1.28. The first kappa shape index (κ1) is 12.6. The predicted molar refractivity (Wildman–Crippen MR) is 63.0 cm³/mol. The molecule has 0 radical (unpaired) electrons. The van der Waals surface area contributed by atoms with Crippen molar-refractivity contribution in [1.29, 1.82) is 0 Å². The fraction of sp³-hybridized carbons (Fsp3) is 0.545. The van der Waals surface area contributed by atoms with Crippen LogP contribution in [0.1, 0.15) is 23.3 Å². The van der Waals surface area contributed by atoms with Crippen molar-refractivity contribution in [3.63, 3.8) is 0 Å². The molecule has 7 heteroatoms. The van der Waals surface area contributed by atoms with Gasteiger partial charge in [-0.2, -0.15) is 0 Å². The molecular formula is C11H16N4O3. The van der Waals surface area contributed by atoms with Crippen molar-refractivity contribution in [2.45, 2.75) is 25.4 Å². The minimum Gasteiger partial charge on any atom is -0.480 e. The molecule has 0 aliphatic carbocycles. The number of nitrogens with zero attached hydrogens (tertiary/aromatic N) is 3. The van der Waals surface area contributed by atoms with Crippen LogP contribution >= 0.6 is 0 Å². The van der Waals surface area contributed by atoms with Gasteiger partial charge in [0.2, 0.25) is 0 Å². The lowest BCUT2D eigenvalue weighted by atomic mass is 10.2. The number of amides is 1. The Morgan fingerprint density at radius 2 is 2.33 bits per heavy atom. The first-order chi connectivity index (χ1) is 8.63. The fourth-order valence-electron chi connectivity index (χ4n) is 2.16. The molecule has 1 aromatic rings. The van der Waals surface area contributed by atoms with Crippen LogP contribution in [0.4, 0.5) is 0 Å². The SMILES string of the molecule is NCCn1cnc(C(=O)N2CCC[C@H]2C(=O)O)c1. The number of carbonyl (C=O) groups is 2. The molecule has 0 saturated carbocycles. The summed E-state index contributed by atoms with van der Waals surface area (Å²) in [6.07, 6.45) is 4.36. The first-order valence-electron chi connectivity index (χ1n) is 5.89. The molecule has 1 aromatic heterocycles. The van der Waals surface area contributed by atoms with E-state index in [1.807, 2.05) is 0 Å². The second kappa shape index (κ2) is 5.18. The van der Waals surface area contributed by atoms with E-state index in [9.17, 15) is 9.59 Å². The summed E-state index contributed by atoms with van der Waals surface area (Å²) in [5.41, 5.74) is 5.68. The van der Waals surface area contributed by atoms with Crippen LogP contribution in [0.15, 0.2) is 12.5 Å². The molecule has 1 saturated heterocycles. The van der Waals surface area contributed by atoms with Gasteiger partial charge in [-0.3, -0.25) is 4.79 Å². The average molecular weight is 252 g/mol. The maximum atomic E-state index is 12.1. The van der Waals surface area contributed by atoms with Gasteiger partial charge in [-0.25, -0.2) is 9.78 Å². The number of hydrogen-bond donors (Lipinski definition) is 2. The lowest BCUT2D eigenvalue weighted by Gasteiger charge is -2.20. The van der Waals surface area contributed by atoms with Crippen LogP contribution in [0.25, 0.3) is 0 Å². The van der Waals surface area contributed by atoms with Crippen LogP contribution in [0, 0.1) is 0 Å². The average Bonchev–Trinajstić information content (AvgIpc) is 2.96. The number of likely N-dealkylation sites (tertiary alicyclic amines) is 1. The molecule has 7 nitrogen and oxygen atoms in total. The van der Waals surface area contributed by atoms with Gasteiger partial charge in [-0.15, -0.1) is 0 Å². The summed E-state index contributed by atoms with van der Waals surface area (Å²) in [5, 5.41) is 9.03. The van der Waals surface area contributed by atoms with Crippen molar-refractivity contribution in [2.24, 2.45) is 5.73 Å². The zero-order valence-corrected chi connectivity index (χ0v) is 9.95. The second-order valence-corrected chi connectivity index (χ2v) is 4.28. The predicted octanol–water partition coefficient (Wildman–Crippen LogP) is -0.469. The van der Waals surface area contributed by atoms with Crippen LogP contribution in [-0.4, -0.2) is 50.6 Å². The van der Waals surface area contributed by atoms with Crippen LogP contribution < -0.4 is 5.73 Å². The minimum absolute atomic E-state index is 0.275. The molecule has 2 rings (SSSR count). The molecule has 2 heterocycles. The van der Waals surface area contributed by atoms with Gasteiger partial charge in [0.1, 0.15) is 11.7 Å². The summed E-state index contributed by atoms with van der Waals surface area (Å²) in [6.45, 7) is 1.52. The number of aliphatic carboxylic acids is 1. The number of nitrogens with two attached hydrogens (primary N) is 1.